The lowest BCUT2D eigenvalue weighted by Gasteiger charge is -2.11. The van der Waals surface area contributed by atoms with Crippen LogP contribution in [-0.2, 0) is 0 Å². The fourth-order valence-corrected chi connectivity index (χ4v) is 2.13. The minimum absolute atomic E-state index is 0.778. The van der Waals surface area contributed by atoms with Crippen molar-refractivity contribution in [2.75, 3.05) is 5.73 Å². The number of benzene rings is 1. The topological polar surface area (TPSA) is 51.8 Å². The van der Waals surface area contributed by atoms with E-state index >= 15 is 0 Å². The van der Waals surface area contributed by atoms with E-state index in [0.29, 0.717) is 0 Å². The number of para-hydroxylation sites is 1. The van der Waals surface area contributed by atoms with Crippen LogP contribution in [0.2, 0.25) is 0 Å². The Bertz CT molecular complexity index is 621. The zero-order valence-corrected chi connectivity index (χ0v) is 10.3. The maximum Gasteiger partial charge on any atom is 0.0473 e. The molecule has 0 aliphatic carbocycles. The Morgan fingerprint density at radius 3 is 1.47 bits per heavy atom. The van der Waals surface area contributed by atoms with Crippen molar-refractivity contribution in [3.63, 3.8) is 0 Å². The quantitative estimate of drug-likeness (QED) is 0.706. The second kappa shape index (κ2) is 4.90. The van der Waals surface area contributed by atoms with Crippen LogP contribution < -0.4 is 5.73 Å². The molecule has 0 amide bonds. The summed E-state index contributed by atoms with van der Waals surface area (Å²) in [6, 6.07) is 13.9. The van der Waals surface area contributed by atoms with Crippen molar-refractivity contribution in [1.29, 1.82) is 0 Å². The molecule has 1 aromatic carbocycles. The van der Waals surface area contributed by atoms with E-state index in [0.717, 1.165) is 27.9 Å². The van der Waals surface area contributed by atoms with E-state index in [9.17, 15) is 0 Å². The van der Waals surface area contributed by atoms with Gasteiger partial charge in [-0.25, -0.2) is 0 Å². The first-order valence-electron chi connectivity index (χ1n) is 6.05. The summed E-state index contributed by atoms with van der Waals surface area (Å²) in [5.74, 6) is 0. The maximum absolute atomic E-state index is 6.31. The van der Waals surface area contributed by atoms with Crippen molar-refractivity contribution in [3.05, 3.63) is 67.3 Å². The normalized spacial score (nSPS) is 10.3. The molecule has 0 spiro atoms. The van der Waals surface area contributed by atoms with E-state index in [1.165, 1.54) is 0 Å². The Morgan fingerprint density at radius 1 is 0.632 bits per heavy atom. The Hall–Kier alpha value is -2.68. The van der Waals surface area contributed by atoms with Gasteiger partial charge in [-0.1, -0.05) is 18.2 Å². The highest BCUT2D eigenvalue weighted by Gasteiger charge is 2.08. The summed E-state index contributed by atoms with van der Waals surface area (Å²) in [7, 11) is 0. The minimum Gasteiger partial charge on any atom is -0.398 e. The van der Waals surface area contributed by atoms with Gasteiger partial charge < -0.3 is 5.73 Å². The summed E-state index contributed by atoms with van der Waals surface area (Å²) in [4.78, 5) is 8.06. The van der Waals surface area contributed by atoms with Gasteiger partial charge in [0.25, 0.3) is 0 Å². The molecule has 0 fully saturated rings. The zero-order chi connectivity index (χ0) is 13.1. The van der Waals surface area contributed by atoms with Gasteiger partial charge in [0.2, 0.25) is 0 Å². The summed E-state index contributed by atoms with van der Waals surface area (Å²) in [6.07, 6.45) is 7.09. The first kappa shape index (κ1) is 11.4. The van der Waals surface area contributed by atoms with E-state index in [1.807, 2.05) is 42.5 Å². The van der Waals surface area contributed by atoms with Gasteiger partial charge in [-0.3, -0.25) is 9.97 Å². The highest BCUT2D eigenvalue weighted by molar-refractivity contribution is 5.88. The molecule has 92 valence electrons. The Labute approximate surface area is 111 Å². The average molecular weight is 247 g/mol. The molecular formula is C16H13N3. The van der Waals surface area contributed by atoms with Crippen LogP contribution >= 0.6 is 0 Å². The van der Waals surface area contributed by atoms with E-state index < -0.39 is 0 Å². The Kier molecular flexibility index (Phi) is 2.94. The highest BCUT2D eigenvalue weighted by Crippen LogP contribution is 2.33. The predicted octanol–water partition coefficient (Wildman–Crippen LogP) is 3.39. The van der Waals surface area contributed by atoms with Crippen molar-refractivity contribution in [2.45, 2.75) is 0 Å². The fraction of sp³-hybridized carbons (Fsp3) is 0. The monoisotopic (exact) mass is 247 g/mol. The number of aromatic nitrogens is 2. The number of hydrogen-bond donors (Lipinski definition) is 1. The minimum atomic E-state index is 0.778. The number of hydrogen-bond acceptors (Lipinski definition) is 3. The standard InChI is InChI=1S/C16H13N3/c17-16-14(12-4-8-18-9-5-12)2-1-3-15(16)13-6-10-19-11-7-13/h1-11H,17H2. The van der Waals surface area contributed by atoms with Crippen LogP contribution in [-0.4, -0.2) is 9.97 Å². The molecule has 0 aliphatic heterocycles. The summed E-state index contributed by atoms with van der Waals surface area (Å²) < 4.78 is 0. The molecule has 3 aromatic rings. The van der Waals surface area contributed by atoms with Gasteiger partial charge >= 0.3 is 0 Å². The first-order chi connectivity index (χ1) is 9.36. The first-order valence-corrected chi connectivity index (χ1v) is 6.05. The van der Waals surface area contributed by atoms with Crippen molar-refractivity contribution >= 4 is 5.69 Å². The lowest BCUT2D eigenvalue weighted by molar-refractivity contribution is 1.33. The molecule has 2 aromatic heterocycles. The molecule has 3 rings (SSSR count). The van der Waals surface area contributed by atoms with Crippen molar-refractivity contribution in [1.82, 2.24) is 9.97 Å². The third-order valence-corrected chi connectivity index (χ3v) is 3.09. The van der Waals surface area contributed by atoms with Crippen molar-refractivity contribution < 1.29 is 0 Å². The number of nitrogens with two attached hydrogens (primary N) is 1. The van der Waals surface area contributed by atoms with Gasteiger partial charge in [0.1, 0.15) is 0 Å². The molecule has 0 unspecified atom stereocenters. The summed E-state index contributed by atoms with van der Waals surface area (Å²) in [5, 5.41) is 0. The van der Waals surface area contributed by atoms with E-state index in [2.05, 4.69) is 9.97 Å². The number of pyridine rings is 2. The van der Waals surface area contributed by atoms with Crippen molar-refractivity contribution in [2.24, 2.45) is 0 Å². The summed E-state index contributed by atoms with van der Waals surface area (Å²) in [5.41, 5.74) is 11.3. The molecular weight excluding hydrogens is 234 g/mol. The fourth-order valence-electron chi connectivity index (χ4n) is 2.13. The lowest BCUT2D eigenvalue weighted by atomic mass is 9.97. The molecule has 0 saturated carbocycles. The van der Waals surface area contributed by atoms with Crippen LogP contribution in [0.1, 0.15) is 0 Å². The number of anilines is 1. The van der Waals surface area contributed by atoms with Crippen LogP contribution in [0.5, 0.6) is 0 Å². The molecule has 3 heteroatoms. The molecule has 0 radical (unpaired) electrons. The zero-order valence-electron chi connectivity index (χ0n) is 10.3. The molecule has 0 atom stereocenters. The third kappa shape index (κ3) is 2.18. The van der Waals surface area contributed by atoms with E-state index in [4.69, 9.17) is 5.73 Å². The molecule has 2 N–H and O–H groups in total. The number of rotatable bonds is 2. The predicted molar refractivity (Wildman–Crippen MR) is 77.3 cm³/mol. The van der Waals surface area contributed by atoms with Gasteiger partial charge in [0.15, 0.2) is 0 Å². The molecule has 0 saturated heterocycles. The largest absolute Gasteiger partial charge is 0.398 e. The third-order valence-electron chi connectivity index (χ3n) is 3.09. The second-order valence-corrected chi connectivity index (χ2v) is 4.24. The van der Waals surface area contributed by atoms with Crippen LogP contribution in [0.3, 0.4) is 0 Å². The van der Waals surface area contributed by atoms with Crippen LogP contribution in [0.4, 0.5) is 5.69 Å². The van der Waals surface area contributed by atoms with Crippen LogP contribution in [0.15, 0.2) is 67.3 Å². The van der Waals surface area contributed by atoms with E-state index in [1.54, 1.807) is 24.8 Å². The number of nitrogen functional groups attached to an aromatic ring is 1. The molecule has 0 bridgehead atoms. The summed E-state index contributed by atoms with van der Waals surface area (Å²) >= 11 is 0. The smallest absolute Gasteiger partial charge is 0.0473 e. The van der Waals surface area contributed by atoms with Crippen LogP contribution in [0.25, 0.3) is 22.3 Å². The van der Waals surface area contributed by atoms with Gasteiger partial charge in [0.05, 0.1) is 0 Å². The van der Waals surface area contributed by atoms with Crippen LogP contribution in [0, 0.1) is 0 Å². The van der Waals surface area contributed by atoms with Gasteiger partial charge in [-0.2, -0.15) is 0 Å². The Morgan fingerprint density at radius 2 is 1.05 bits per heavy atom. The van der Waals surface area contributed by atoms with Gasteiger partial charge in [-0.15, -0.1) is 0 Å². The van der Waals surface area contributed by atoms with Crippen molar-refractivity contribution in [3.8, 4) is 22.3 Å². The van der Waals surface area contributed by atoms with E-state index in [-0.39, 0.29) is 0 Å². The molecule has 3 nitrogen and oxygen atoms in total. The summed E-state index contributed by atoms with van der Waals surface area (Å²) in [6.45, 7) is 0. The SMILES string of the molecule is Nc1c(-c2ccncc2)cccc1-c1ccncc1. The molecule has 2 heterocycles. The molecule has 19 heavy (non-hydrogen) atoms. The lowest BCUT2D eigenvalue weighted by Crippen LogP contribution is -1.94. The maximum atomic E-state index is 6.31. The number of nitrogens with zero attached hydrogens (tertiary/aromatic N) is 2. The second-order valence-electron chi connectivity index (χ2n) is 4.24. The van der Waals surface area contributed by atoms with Gasteiger partial charge in [0, 0.05) is 41.6 Å². The Balaban J connectivity index is 2.15. The van der Waals surface area contributed by atoms with Gasteiger partial charge in [-0.05, 0) is 35.4 Å². The molecule has 0 aliphatic rings. The highest BCUT2D eigenvalue weighted by atomic mass is 14.6. The average Bonchev–Trinajstić information content (AvgIpc) is 2.49.